The molecule has 0 spiro atoms. The van der Waals surface area contributed by atoms with Gasteiger partial charge in [0.2, 0.25) is 0 Å². The van der Waals surface area contributed by atoms with Crippen molar-refractivity contribution >= 4 is 0 Å². The summed E-state index contributed by atoms with van der Waals surface area (Å²) in [6, 6.07) is 0.486. The molecular weight excluding hydrogens is 250 g/mol. The monoisotopic (exact) mass is 275 g/mol. The summed E-state index contributed by atoms with van der Waals surface area (Å²) < 4.78 is 4.02. The summed E-state index contributed by atoms with van der Waals surface area (Å²) in [7, 11) is 0. The summed E-state index contributed by atoms with van der Waals surface area (Å²) in [6.45, 7) is 13.2. The van der Waals surface area contributed by atoms with Crippen LogP contribution >= 0.6 is 0 Å². The standard InChI is InChI=1S/C15H25N5/c1-6-19-9-14(7-17-19)10-20-13(5)15(12(4)18-20)8-16-11(2)3/h7,9,11,16H,6,8,10H2,1-5H3. The minimum absolute atomic E-state index is 0.486. The fraction of sp³-hybridized carbons (Fsp3) is 0.600. The van der Waals surface area contributed by atoms with E-state index in [1.807, 2.05) is 10.9 Å². The fourth-order valence-electron chi connectivity index (χ4n) is 2.28. The van der Waals surface area contributed by atoms with E-state index in [2.05, 4.69) is 61.0 Å². The van der Waals surface area contributed by atoms with Gasteiger partial charge in [-0.05, 0) is 20.8 Å². The lowest BCUT2D eigenvalue weighted by Gasteiger charge is -2.08. The zero-order valence-electron chi connectivity index (χ0n) is 13.1. The second-order valence-corrected chi connectivity index (χ2v) is 5.55. The SMILES string of the molecule is CCn1cc(Cn2nc(C)c(CNC(C)C)c2C)cn1. The fourth-order valence-corrected chi connectivity index (χ4v) is 2.28. The first-order chi connectivity index (χ1) is 9.51. The predicted molar refractivity (Wildman–Crippen MR) is 80.7 cm³/mol. The molecule has 0 fully saturated rings. The van der Waals surface area contributed by atoms with Gasteiger partial charge in [-0.3, -0.25) is 9.36 Å². The molecule has 2 aromatic heterocycles. The van der Waals surface area contributed by atoms with E-state index < -0.39 is 0 Å². The van der Waals surface area contributed by atoms with Crippen molar-refractivity contribution < 1.29 is 0 Å². The molecule has 0 amide bonds. The Kier molecular flexibility index (Phi) is 4.60. The molecule has 2 aromatic rings. The maximum Gasteiger partial charge on any atom is 0.0693 e. The number of rotatable bonds is 6. The number of nitrogens with one attached hydrogen (secondary N) is 1. The molecule has 0 aromatic carbocycles. The molecule has 0 aliphatic heterocycles. The predicted octanol–water partition coefficient (Wildman–Crippen LogP) is 2.26. The van der Waals surface area contributed by atoms with Gasteiger partial charge in [0, 0.05) is 42.1 Å². The summed E-state index contributed by atoms with van der Waals surface area (Å²) in [5.74, 6) is 0. The Morgan fingerprint density at radius 2 is 2.05 bits per heavy atom. The van der Waals surface area contributed by atoms with Crippen molar-refractivity contribution in [3.8, 4) is 0 Å². The first-order valence-electron chi connectivity index (χ1n) is 7.28. The first kappa shape index (κ1) is 14.8. The van der Waals surface area contributed by atoms with Gasteiger partial charge >= 0.3 is 0 Å². The average Bonchev–Trinajstić information content (AvgIpc) is 2.94. The van der Waals surface area contributed by atoms with Crippen molar-refractivity contribution in [3.63, 3.8) is 0 Å². The van der Waals surface area contributed by atoms with Gasteiger partial charge in [0.1, 0.15) is 0 Å². The molecule has 1 N–H and O–H groups in total. The van der Waals surface area contributed by atoms with Crippen LogP contribution in [0, 0.1) is 13.8 Å². The Morgan fingerprint density at radius 3 is 2.65 bits per heavy atom. The second-order valence-electron chi connectivity index (χ2n) is 5.55. The van der Waals surface area contributed by atoms with Crippen molar-refractivity contribution in [2.45, 2.75) is 60.3 Å². The van der Waals surface area contributed by atoms with Gasteiger partial charge in [-0.2, -0.15) is 10.2 Å². The molecule has 2 heterocycles. The zero-order chi connectivity index (χ0) is 14.7. The van der Waals surface area contributed by atoms with E-state index >= 15 is 0 Å². The minimum Gasteiger partial charge on any atom is -0.310 e. The van der Waals surface area contributed by atoms with Gasteiger partial charge < -0.3 is 5.32 Å². The maximum atomic E-state index is 4.66. The van der Waals surface area contributed by atoms with Crippen LogP contribution in [0.5, 0.6) is 0 Å². The molecule has 0 atom stereocenters. The van der Waals surface area contributed by atoms with Crippen LogP contribution in [0.15, 0.2) is 12.4 Å². The van der Waals surface area contributed by atoms with E-state index in [4.69, 9.17) is 0 Å². The Hall–Kier alpha value is -1.62. The van der Waals surface area contributed by atoms with E-state index in [9.17, 15) is 0 Å². The lowest BCUT2D eigenvalue weighted by molar-refractivity contribution is 0.584. The minimum atomic E-state index is 0.486. The van der Waals surface area contributed by atoms with Crippen molar-refractivity contribution in [1.29, 1.82) is 0 Å². The average molecular weight is 275 g/mol. The highest BCUT2D eigenvalue weighted by atomic mass is 15.3. The van der Waals surface area contributed by atoms with Gasteiger partial charge in [-0.15, -0.1) is 0 Å². The van der Waals surface area contributed by atoms with Crippen LogP contribution in [-0.4, -0.2) is 25.6 Å². The molecule has 20 heavy (non-hydrogen) atoms. The summed E-state index contributed by atoms with van der Waals surface area (Å²) >= 11 is 0. The Labute approximate surface area is 121 Å². The van der Waals surface area contributed by atoms with Gasteiger partial charge in [0.05, 0.1) is 18.4 Å². The smallest absolute Gasteiger partial charge is 0.0693 e. The van der Waals surface area contributed by atoms with Crippen LogP contribution in [0.4, 0.5) is 0 Å². The van der Waals surface area contributed by atoms with Crippen molar-refractivity contribution in [1.82, 2.24) is 24.9 Å². The van der Waals surface area contributed by atoms with E-state index in [-0.39, 0.29) is 0 Å². The third kappa shape index (κ3) is 3.28. The van der Waals surface area contributed by atoms with Crippen LogP contribution in [0.3, 0.4) is 0 Å². The van der Waals surface area contributed by atoms with Crippen molar-refractivity contribution in [3.05, 3.63) is 34.9 Å². The quantitative estimate of drug-likeness (QED) is 0.879. The molecular formula is C15H25N5. The highest BCUT2D eigenvalue weighted by Gasteiger charge is 2.12. The first-order valence-corrected chi connectivity index (χ1v) is 7.28. The topological polar surface area (TPSA) is 47.7 Å². The van der Waals surface area contributed by atoms with Crippen LogP contribution in [-0.2, 0) is 19.6 Å². The molecule has 0 radical (unpaired) electrons. The van der Waals surface area contributed by atoms with Crippen molar-refractivity contribution in [2.75, 3.05) is 0 Å². The van der Waals surface area contributed by atoms with Crippen LogP contribution in [0.1, 0.15) is 43.3 Å². The molecule has 0 aliphatic carbocycles. The molecule has 5 nitrogen and oxygen atoms in total. The molecule has 2 rings (SSSR count). The number of hydrogen-bond acceptors (Lipinski definition) is 3. The Bertz CT molecular complexity index is 565. The Balaban J connectivity index is 2.14. The molecule has 0 unspecified atom stereocenters. The van der Waals surface area contributed by atoms with Crippen LogP contribution in [0.2, 0.25) is 0 Å². The van der Waals surface area contributed by atoms with Crippen molar-refractivity contribution in [2.24, 2.45) is 0 Å². The summed E-state index contributed by atoms with van der Waals surface area (Å²) in [6.07, 6.45) is 4.01. The lowest BCUT2D eigenvalue weighted by Crippen LogP contribution is -2.22. The lowest BCUT2D eigenvalue weighted by atomic mass is 10.2. The third-order valence-corrected chi connectivity index (χ3v) is 3.56. The van der Waals surface area contributed by atoms with E-state index in [0.29, 0.717) is 6.04 Å². The number of nitrogens with zero attached hydrogens (tertiary/aromatic N) is 4. The third-order valence-electron chi connectivity index (χ3n) is 3.56. The van der Waals surface area contributed by atoms with Crippen LogP contribution < -0.4 is 5.32 Å². The largest absolute Gasteiger partial charge is 0.310 e. The van der Waals surface area contributed by atoms with E-state index in [1.54, 1.807) is 0 Å². The molecule has 0 saturated carbocycles. The summed E-state index contributed by atoms with van der Waals surface area (Å²) in [5.41, 5.74) is 4.85. The number of hydrogen-bond donors (Lipinski definition) is 1. The normalized spacial score (nSPS) is 11.5. The summed E-state index contributed by atoms with van der Waals surface area (Å²) in [4.78, 5) is 0. The number of aryl methyl sites for hydroxylation is 2. The zero-order valence-corrected chi connectivity index (χ0v) is 13.1. The highest BCUT2D eigenvalue weighted by molar-refractivity contribution is 5.25. The summed E-state index contributed by atoms with van der Waals surface area (Å²) in [5, 5.41) is 12.4. The second kappa shape index (κ2) is 6.22. The molecule has 0 saturated heterocycles. The van der Waals surface area contributed by atoms with Gasteiger partial charge in [0.15, 0.2) is 0 Å². The van der Waals surface area contributed by atoms with E-state index in [0.717, 1.165) is 25.3 Å². The molecule has 0 aliphatic rings. The molecule has 5 heteroatoms. The van der Waals surface area contributed by atoms with Gasteiger partial charge in [0.25, 0.3) is 0 Å². The molecule has 0 bridgehead atoms. The highest BCUT2D eigenvalue weighted by Crippen LogP contribution is 2.14. The maximum absolute atomic E-state index is 4.66. The van der Waals surface area contributed by atoms with Gasteiger partial charge in [-0.25, -0.2) is 0 Å². The Morgan fingerprint density at radius 1 is 1.30 bits per heavy atom. The number of aromatic nitrogens is 4. The van der Waals surface area contributed by atoms with E-state index in [1.165, 1.54) is 16.8 Å². The van der Waals surface area contributed by atoms with Gasteiger partial charge in [-0.1, -0.05) is 13.8 Å². The molecule has 110 valence electrons. The van der Waals surface area contributed by atoms with Crippen LogP contribution in [0.25, 0.3) is 0 Å².